The summed E-state index contributed by atoms with van der Waals surface area (Å²) < 4.78 is 29.5. The van der Waals surface area contributed by atoms with Crippen LogP contribution in [0.1, 0.15) is 11.4 Å². The fraction of sp³-hybridized carbons (Fsp3) is 0.235. The second-order valence-electron chi connectivity index (χ2n) is 5.77. The largest absolute Gasteiger partial charge is 0.326 e. The van der Waals surface area contributed by atoms with Crippen LogP contribution in [-0.2, 0) is 23.1 Å². The quantitative estimate of drug-likeness (QED) is 0.727. The maximum absolute atomic E-state index is 12.9. The molecule has 0 radical (unpaired) electrons. The summed E-state index contributed by atoms with van der Waals surface area (Å²) in [6.07, 6.45) is 0. The number of para-hydroxylation sites is 2. The van der Waals surface area contributed by atoms with Gasteiger partial charge >= 0.3 is 0 Å². The minimum absolute atomic E-state index is 0.311. The minimum Gasteiger partial charge on any atom is -0.326 e. The van der Waals surface area contributed by atoms with E-state index in [1.54, 1.807) is 12.1 Å². The van der Waals surface area contributed by atoms with E-state index in [4.69, 9.17) is 0 Å². The zero-order valence-corrected chi connectivity index (χ0v) is 13.6. The molecule has 5 nitrogen and oxygen atoms in total. The molecule has 2 heterocycles. The molecule has 4 rings (SSSR count). The first-order valence-corrected chi connectivity index (χ1v) is 9.01. The van der Waals surface area contributed by atoms with Crippen LogP contribution in [0.4, 0.5) is 0 Å². The highest BCUT2D eigenvalue weighted by molar-refractivity contribution is 7.89. The van der Waals surface area contributed by atoms with Crippen LogP contribution in [0.15, 0.2) is 53.4 Å². The van der Waals surface area contributed by atoms with Crippen molar-refractivity contribution in [3.05, 3.63) is 59.9 Å². The maximum atomic E-state index is 12.9. The topological polar surface area (TPSA) is 55.2 Å². The van der Waals surface area contributed by atoms with Crippen LogP contribution in [0.3, 0.4) is 0 Å². The number of hydrogen-bond donors (Lipinski definition) is 0. The van der Waals surface area contributed by atoms with Crippen LogP contribution in [0.2, 0.25) is 0 Å². The molecule has 0 amide bonds. The lowest BCUT2D eigenvalue weighted by molar-refractivity contribution is 0.339. The molecule has 3 aromatic rings. The highest BCUT2D eigenvalue weighted by Crippen LogP contribution is 2.26. The van der Waals surface area contributed by atoms with E-state index in [2.05, 4.69) is 9.55 Å². The van der Waals surface area contributed by atoms with Crippen molar-refractivity contribution in [1.29, 1.82) is 0 Å². The molecule has 118 valence electrons. The predicted molar refractivity (Wildman–Crippen MR) is 88.5 cm³/mol. The van der Waals surface area contributed by atoms with E-state index in [0.29, 0.717) is 24.5 Å². The number of benzene rings is 2. The fourth-order valence-corrected chi connectivity index (χ4v) is 4.75. The Morgan fingerprint density at radius 2 is 1.74 bits per heavy atom. The van der Waals surface area contributed by atoms with Crippen LogP contribution in [0.25, 0.3) is 11.0 Å². The number of nitrogens with zero attached hydrogens (tertiary/aromatic N) is 3. The molecule has 0 saturated carbocycles. The van der Waals surface area contributed by atoms with Crippen LogP contribution >= 0.6 is 0 Å². The van der Waals surface area contributed by atoms with E-state index in [0.717, 1.165) is 22.4 Å². The number of aryl methyl sites for hydroxylation is 1. The van der Waals surface area contributed by atoms with Gasteiger partial charge in [-0.15, -0.1) is 0 Å². The normalized spacial score (nSPS) is 15.7. The van der Waals surface area contributed by atoms with Gasteiger partial charge in [0.1, 0.15) is 5.82 Å². The molecule has 0 bridgehead atoms. The summed E-state index contributed by atoms with van der Waals surface area (Å²) in [6, 6.07) is 15.0. The van der Waals surface area contributed by atoms with Crippen molar-refractivity contribution in [2.75, 3.05) is 6.54 Å². The van der Waals surface area contributed by atoms with Crippen LogP contribution in [-0.4, -0.2) is 28.8 Å². The van der Waals surface area contributed by atoms with Crippen LogP contribution in [0, 0.1) is 6.92 Å². The smallest absolute Gasteiger partial charge is 0.243 e. The fourth-order valence-electron chi connectivity index (χ4n) is 3.13. The first-order chi connectivity index (χ1) is 11.1. The highest BCUT2D eigenvalue weighted by atomic mass is 32.2. The second kappa shape index (κ2) is 5.18. The molecule has 2 aromatic carbocycles. The Hall–Kier alpha value is -2.18. The number of fused-ring (bicyclic) bond motifs is 3. The molecule has 0 fully saturated rings. The van der Waals surface area contributed by atoms with E-state index in [1.807, 2.05) is 43.3 Å². The van der Waals surface area contributed by atoms with E-state index in [9.17, 15) is 8.42 Å². The zero-order chi connectivity index (χ0) is 16.0. The monoisotopic (exact) mass is 327 g/mol. The van der Waals surface area contributed by atoms with Crippen molar-refractivity contribution in [2.45, 2.75) is 24.9 Å². The molecule has 0 saturated heterocycles. The summed E-state index contributed by atoms with van der Waals surface area (Å²) in [5.74, 6) is 0.801. The predicted octanol–water partition coefficient (Wildman–Crippen LogP) is 2.55. The van der Waals surface area contributed by atoms with Gasteiger partial charge in [0.05, 0.1) is 22.5 Å². The molecule has 6 heteroatoms. The summed E-state index contributed by atoms with van der Waals surface area (Å²) in [5, 5.41) is 0. The lowest BCUT2D eigenvalue weighted by Gasteiger charge is -2.27. The van der Waals surface area contributed by atoms with Crippen molar-refractivity contribution in [2.24, 2.45) is 0 Å². The molecule has 0 aliphatic carbocycles. The van der Waals surface area contributed by atoms with Gasteiger partial charge in [0, 0.05) is 13.1 Å². The summed E-state index contributed by atoms with van der Waals surface area (Å²) in [5.41, 5.74) is 2.75. The second-order valence-corrected chi connectivity index (χ2v) is 7.68. The third-order valence-corrected chi connectivity index (χ3v) is 6.34. The average Bonchev–Trinajstić information content (AvgIpc) is 2.92. The van der Waals surface area contributed by atoms with Crippen molar-refractivity contribution in [3.63, 3.8) is 0 Å². The molecule has 0 unspecified atom stereocenters. The molecule has 0 spiro atoms. The van der Waals surface area contributed by atoms with Crippen LogP contribution < -0.4 is 0 Å². The Labute approximate surface area is 135 Å². The van der Waals surface area contributed by atoms with Gasteiger partial charge in [0.15, 0.2) is 0 Å². The molecule has 1 aromatic heterocycles. The average molecular weight is 327 g/mol. The Morgan fingerprint density at radius 1 is 1.00 bits per heavy atom. The lowest BCUT2D eigenvalue weighted by Crippen LogP contribution is -2.38. The molecular weight excluding hydrogens is 310 g/mol. The Balaban J connectivity index is 1.74. The Morgan fingerprint density at radius 3 is 2.57 bits per heavy atom. The van der Waals surface area contributed by atoms with E-state index < -0.39 is 10.0 Å². The Bertz CT molecular complexity index is 992. The summed E-state index contributed by atoms with van der Waals surface area (Å²) in [6.45, 7) is 3.22. The number of aromatic nitrogens is 2. The van der Waals surface area contributed by atoms with Gasteiger partial charge in [-0.05, 0) is 30.7 Å². The first kappa shape index (κ1) is 14.4. The van der Waals surface area contributed by atoms with Gasteiger partial charge in [0.25, 0.3) is 0 Å². The Kier molecular flexibility index (Phi) is 3.25. The van der Waals surface area contributed by atoms with Gasteiger partial charge in [-0.1, -0.05) is 30.3 Å². The number of rotatable bonds is 2. The number of sulfonamides is 1. The van der Waals surface area contributed by atoms with Crippen molar-refractivity contribution >= 4 is 21.1 Å². The molecular formula is C17H17N3O2S. The van der Waals surface area contributed by atoms with Gasteiger partial charge in [-0.3, -0.25) is 0 Å². The summed E-state index contributed by atoms with van der Waals surface area (Å²) >= 11 is 0. The van der Waals surface area contributed by atoms with E-state index in [1.165, 1.54) is 4.31 Å². The SMILES string of the molecule is Cc1ccccc1S(=O)(=O)N1CCn2c(nc3ccccc32)C1. The molecule has 23 heavy (non-hydrogen) atoms. The lowest BCUT2D eigenvalue weighted by atomic mass is 10.2. The minimum atomic E-state index is -3.49. The highest BCUT2D eigenvalue weighted by Gasteiger charge is 2.30. The van der Waals surface area contributed by atoms with Crippen molar-refractivity contribution in [1.82, 2.24) is 13.9 Å². The van der Waals surface area contributed by atoms with Gasteiger partial charge in [-0.2, -0.15) is 4.31 Å². The van der Waals surface area contributed by atoms with E-state index >= 15 is 0 Å². The first-order valence-electron chi connectivity index (χ1n) is 7.57. The third kappa shape index (κ3) is 2.26. The number of imidazole rings is 1. The van der Waals surface area contributed by atoms with E-state index in [-0.39, 0.29) is 0 Å². The molecule has 1 aliphatic heterocycles. The zero-order valence-electron chi connectivity index (χ0n) is 12.8. The molecule has 0 atom stereocenters. The van der Waals surface area contributed by atoms with Crippen molar-refractivity contribution < 1.29 is 8.42 Å². The summed E-state index contributed by atoms with van der Waals surface area (Å²) in [7, 11) is -3.49. The van der Waals surface area contributed by atoms with Crippen molar-refractivity contribution in [3.8, 4) is 0 Å². The maximum Gasteiger partial charge on any atom is 0.243 e. The standard InChI is InChI=1S/C17H17N3O2S/c1-13-6-2-5-9-16(13)23(21,22)19-10-11-20-15-8-4-3-7-14(15)18-17(20)12-19/h2-9H,10-12H2,1H3. The van der Waals surface area contributed by atoms with Crippen LogP contribution in [0.5, 0.6) is 0 Å². The molecule has 1 aliphatic rings. The number of hydrogen-bond acceptors (Lipinski definition) is 3. The van der Waals surface area contributed by atoms with Gasteiger partial charge < -0.3 is 4.57 Å². The molecule has 0 N–H and O–H groups in total. The third-order valence-electron chi connectivity index (χ3n) is 4.34. The van der Waals surface area contributed by atoms with Gasteiger partial charge in [0.2, 0.25) is 10.0 Å². The van der Waals surface area contributed by atoms with Gasteiger partial charge in [-0.25, -0.2) is 13.4 Å². The summed E-state index contributed by atoms with van der Waals surface area (Å²) in [4.78, 5) is 4.97.